The molecule has 0 radical (unpaired) electrons. The number of carbonyl (C=O) groups is 1. The quantitative estimate of drug-likeness (QED) is 0.833. The molecule has 0 spiro atoms. The van der Waals surface area contributed by atoms with Crippen LogP contribution in [0.5, 0.6) is 5.75 Å². The Bertz CT molecular complexity index is 641. The zero-order valence-electron chi connectivity index (χ0n) is 11.8. The second kappa shape index (κ2) is 6.63. The van der Waals surface area contributed by atoms with E-state index in [2.05, 4.69) is 17.9 Å². The second-order valence-electron chi connectivity index (χ2n) is 4.81. The first-order chi connectivity index (χ1) is 9.95. The van der Waals surface area contributed by atoms with Gasteiger partial charge in [-0.3, -0.25) is 4.79 Å². The van der Waals surface area contributed by atoms with Gasteiger partial charge < -0.3 is 10.1 Å². The normalized spacial score (nSPS) is 10.5. The Morgan fingerprint density at radius 1 is 1.19 bits per heavy atom. The van der Waals surface area contributed by atoms with Gasteiger partial charge in [0.2, 0.25) is 0 Å². The molecule has 0 fully saturated rings. The van der Waals surface area contributed by atoms with E-state index in [4.69, 9.17) is 4.74 Å². The lowest BCUT2D eigenvalue weighted by Crippen LogP contribution is -2.13. The maximum absolute atomic E-state index is 13.6. The van der Waals surface area contributed by atoms with Gasteiger partial charge in [0, 0.05) is 10.6 Å². The van der Waals surface area contributed by atoms with E-state index in [1.165, 1.54) is 18.2 Å². The van der Waals surface area contributed by atoms with Crippen LogP contribution in [0, 0.1) is 5.82 Å². The fourth-order valence-corrected chi connectivity index (χ4v) is 1.98. The molecule has 110 valence electrons. The Labute approximate surface area is 128 Å². The van der Waals surface area contributed by atoms with Gasteiger partial charge in [-0.2, -0.15) is 0 Å². The van der Waals surface area contributed by atoms with Gasteiger partial charge in [-0.25, -0.2) is 4.39 Å². The highest BCUT2D eigenvalue weighted by Gasteiger charge is 2.12. The van der Waals surface area contributed by atoms with E-state index >= 15 is 0 Å². The number of hydrogen-bond acceptors (Lipinski definition) is 3. The van der Waals surface area contributed by atoms with Gasteiger partial charge in [0.05, 0.1) is 11.7 Å². The predicted molar refractivity (Wildman–Crippen MR) is 83.8 cm³/mol. The topological polar surface area (TPSA) is 38.3 Å². The summed E-state index contributed by atoms with van der Waals surface area (Å²) in [5.74, 6) is -0.377. The first kappa shape index (κ1) is 15.4. The number of anilines is 1. The summed E-state index contributed by atoms with van der Waals surface area (Å²) >= 11 is 4.10. The van der Waals surface area contributed by atoms with Crippen molar-refractivity contribution < 1.29 is 13.9 Å². The molecule has 0 unspecified atom stereocenters. The third-order valence-electron chi connectivity index (χ3n) is 2.68. The van der Waals surface area contributed by atoms with Crippen LogP contribution in [0.1, 0.15) is 24.2 Å². The molecule has 2 aromatic rings. The van der Waals surface area contributed by atoms with Crippen LogP contribution in [0.15, 0.2) is 47.4 Å². The molecule has 5 heteroatoms. The summed E-state index contributed by atoms with van der Waals surface area (Å²) in [7, 11) is 0. The molecule has 2 rings (SSSR count). The number of carbonyl (C=O) groups excluding carboxylic acids is 1. The van der Waals surface area contributed by atoms with Crippen molar-refractivity contribution in [2.24, 2.45) is 0 Å². The largest absolute Gasteiger partial charge is 0.491 e. The molecule has 0 aliphatic rings. The summed E-state index contributed by atoms with van der Waals surface area (Å²) in [6.45, 7) is 3.87. The molecule has 2 aromatic carbocycles. The molecule has 0 bridgehead atoms. The summed E-state index contributed by atoms with van der Waals surface area (Å²) in [6.07, 6.45) is 0.0812. The van der Waals surface area contributed by atoms with Crippen LogP contribution < -0.4 is 10.1 Å². The monoisotopic (exact) mass is 305 g/mol. The number of nitrogens with one attached hydrogen (secondary N) is 1. The fourth-order valence-electron chi connectivity index (χ4n) is 1.77. The molecule has 3 nitrogen and oxygen atoms in total. The van der Waals surface area contributed by atoms with Crippen LogP contribution in [-0.4, -0.2) is 12.0 Å². The third-order valence-corrected chi connectivity index (χ3v) is 2.96. The SMILES string of the molecule is CC(C)Oc1ccc(NC(=O)c2cc(S)ccc2F)cc1. The number of ether oxygens (including phenoxy) is 1. The first-order valence-corrected chi connectivity index (χ1v) is 6.97. The zero-order valence-corrected chi connectivity index (χ0v) is 12.7. The van der Waals surface area contributed by atoms with E-state index in [-0.39, 0.29) is 11.7 Å². The van der Waals surface area contributed by atoms with Crippen molar-refractivity contribution >= 4 is 24.2 Å². The van der Waals surface area contributed by atoms with Crippen molar-refractivity contribution in [3.63, 3.8) is 0 Å². The maximum atomic E-state index is 13.6. The smallest absolute Gasteiger partial charge is 0.258 e. The van der Waals surface area contributed by atoms with Gasteiger partial charge in [-0.1, -0.05) is 0 Å². The molecule has 1 amide bonds. The predicted octanol–water partition coefficient (Wildman–Crippen LogP) is 4.15. The lowest BCUT2D eigenvalue weighted by atomic mass is 10.2. The number of hydrogen-bond donors (Lipinski definition) is 2. The van der Waals surface area contributed by atoms with E-state index in [1.54, 1.807) is 24.3 Å². The average Bonchev–Trinajstić information content (AvgIpc) is 2.43. The molecular weight excluding hydrogens is 289 g/mol. The second-order valence-corrected chi connectivity index (χ2v) is 5.33. The lowest BCUT2D eigenvalue weighted by molar-refractivity contribution is 0.102. The summed E-state index contributed by atoms with van der Waals surface area (Å²) in [6, 6.07) is 11.0. The molecule has 1 N–H and O–H groups in total. The molecule has 0 heterocycles. The van der Waals surface area contributed by atoms with E-state index < -0.39 is 11.7 Å². The molecule has 0 aromatic heterocycles. The first-order valence-electron chi connectivity index (χ1n) is 6.52. The van der Waals surface area contributed by atoms with Crippen molar-refractivity contribution in [2.75, 3.05) is 5.32 Å². The highest BCUT2D eigenvalue weighted by atomic mass is 32.1. The molecular formula is C16H16FNO2S. The van der Waals surface area contributed by atoms with E-state index in [0.717, 1.165) is 0 Å². The van der Waals surface area contributed by atoms with Gasteiger partial charge in [-0.05, 0) is 56.3 Å². The van der Waals surface area contributed by atoms with Gasteiger partial charge in [-0.15, -0.1) is 12.6 Å². The molecule has 0 aliphatic heterocycles. The van der Waals surface area contributed by atoms with Crippen molar-refractivity contribution in [2.45, 2.75) is 24.8 Å². The van der Waals surface area contributed by atoms with Crippen LogP contribution >= 0.6 is 12.6 Å². The van der Waals surface area contributed by atoms with Crippen molar-refractivity contribution in [1.82, 2.24) is 0 Å². The summed E-state index contributed by atoms with van der Waals surface area (Å²) in [5, 5.41) is 2.64. The highest BCUT2D eigenvalue weighted by Crippen LogP contribution is 2.19. The summed E-state index contributed by atoms with van der Waals surface area (Å²) in [4.78, 5) is 12.6. The van der Waals surface area contributed by atoms with Crippen LogP contribution in [0.4, 0.5) is 10.1 Å². The zero-order chi connectivity index (χ0) is 15.4. The molecule has 0 aliphatic carbocycles. The summed E-state index contributed by atoms with van der Waals surface area (Å²) < 4.78 is 19.1. The minimum Gasteiger partial charge on any atom is -0.491 e. The Morgan fingerprint density at radius 2 is 1.86 bits per heavy atom. The molecule has 0 saturated carbocycles. The Morgan fingerprint density at radius 3 is 2.48 bits per heavy atom. The van der Waals surface area contributed by atoms with Gasteiger partial charge in [0.15, 0.2) is 0 Å². The van der Waals surface area contributed by atoms with Crippen molar-refractivity contribution in [3.8, 4) is 5.75 Å². The van der Waals surface area contributed by atoms with E-state index in [1.807, 2.05) is 13.8 Å². The van der Waals surface area contributed by atoms with E-state index in [0.29, 0.717) is 16.3 Å². The maximum Gasteiger partial charge on any atom is 0.258 e. The number of benzene rings is 2. The average molecular weight is 305 g/mol. The molecule has 21 heavy (non-hydrogen) atoms. The van der Waals surface area contributed by atoms with Crippen LogP contribution in [0.2, 0.25) is 0 Å². The van der Waals surface area contributed by atoms with Gasteiger partial charge in [0.1, 0.15) is 11.6 Å². The molecule has 0 atom stereocenters. The van der Waals surface area contributed by atoms with Crippen LogP contribution in [0.25, 0.3) is 0 Å². The van der Waals surface area contributed by atoms with Gasteiger partial charge in [0.25, 0.3) is 5.91 Å². The lowest BCUT2D eigenvalue weighted by Gasteiger charge is -2.11. The van der Waals surface area contributed by atoms with Crippen molar-refractivity contribution in [3.05, 3.63) is 53.8 Å². The summed E-state index contributed by atoms with van der Waals surface area (Å²) in [5.41, 5.74) is 0.532. The standard InChI is InChI=1S/C16H16FNO2S/c1-10(2)20-12-5-3-11(4-6-12)18-16(19)14-9-13(21)7-8-15(14)17/h3-10,21H,1-2H3,(H,18,19). The Balaban J connectivity index is 2.10. The number of thiol groups is 1. The highest BCUT2D eigenvalue weighted by molar-refractivity contribution is 7.80. The van der Waals surface area contributed by atoms with Gasteiger partial charge >= 0.3 is 0 Å². The number of amides is 1. The minimum absolute atomic E-state index is 0.0370. The Hall–Kier alpha value is -2.01. The fraction of sp³-hybridized carbons (Fsp3) is 0.188. The molecule has 0 saturated heterocycles. The minimum atomic E-state index is -0.579. The third kappa shape index (κ3) is 4.23. The number of halogens is 1. The van der Waals surface area contributed by atoms with E-state index in [9.17, 15) is 9.18 Å². The van der Waals surface area contributed by atoms with Crippen LogP contribution in [-0.2, 0) is 0 Å². The Kier molecular flexibility index (Phi) is 4.85. The van der Waals surface area contributed by atoms with Crippen molar-refractivity contribution in [1.29, 1.82) is 0 Å². The number of rotatable bonds is 4. The van der Waals surface area contributed by atoms with Crippen LogP contribution in [0.3, 0.4) is 0 Å².